The maximum Gasteiger partial charge on any atom is 0.408 e. The van der Waals surface area contributed by atoms with Crippen LogP contribution in [0.25, 0.3) is 0 Å². The number of alkyl halides is 4. The molecule has 18 nitrogen and oxygen atoms in total. The van der Waals surface area contributed by atoms with E-state index in [0.717, 1.165) is 0 Å². The van der Waals surface area contributed by atoms with Crippen LogP contribution in [0, 0.1) is 22.7 Å². The van der Waals surface area contributed by atoms with Gasteiger partial charge in [0, 0.05) is 64.5 Å². The van der Waals surface area contributed by atoms with E-state index in [1.165, 1.54) is 28.0 Å². The quantitative estimate of drug-likeness (QED) is 0.0493. The van der Waals surface area contributed by atoms with Gasteiger partial charge in [0.15, 0.2) is 11.6 Å². The molecule has 0 aromatic rings. The average molecular weight is 1090 g/mol. The van der Waals surface area contributed by atoms with Crippen LogP contribution in [0.2, 0.25) is 0 Å². The number of carbonyl (C=O) groups is 8. The number of amides is 4. The predicted octanol–water partition coefficient (Wildman–Crippen LogP) is 7.07. The van der Waals surface area contributed by atoms with Crippen LogP contribution >= 0.6 is 0 Å². The van der Waals surface area contributed by atoms with Gasteiger partial charge in [0.25, 0.3) is 0 Å². The number of fused-ring (bicyclic) bond motifs is 2. The fraction of sp³-hybridized carbons (Fsp3) is 0.741. The Bertz CT molecular complexity index is 2180. The maximum atomic E-state index is 14.7. The zero-order valence-electron chi connectivity index (χ0n) is 45.3. The van der Waals surface area contributed by atoms with Crippen molar-refractivity contribution in [2.45, 2.75) is 205 Å². The first-order valence-corrected chi connectivity index (χ1v) is 26.2. The molecule has 0 unspecified atom stereocenters. The number of rotatable bonds is 17. The smallest absolute Gasteiger partial charge is 0.408 e. The molecular weight excluding hydrogens is 1000 g/mol. The molecule has 4 fully saturated rings. The molecular formula is C54H80F4N4O14. The van der Waals surface area contributed by atoms with E-state index in [0.29, 0.717) is 0 Å². The molecule has 10 atom stereocenters. The SMILES string of the molecule is C=CCCC(F)(F)C[C@@H]1C[C@]1(CC(=O)[C@@H]1C[C@@H](O)CN1C(=O)[C@H](CC=C)NC(=O)OC(C)(C)C)C(=O)OCC.CCOC(=O)[C@]12CC(=O)[C@@H]3C[C@@H](O)CN3C(=O)[C@@H](NC(=O)OC(C)(C)C)CC=CCCC(F)(F)C[C@@H]1C2. The third kappa shape index (κ3) is 17.6. The summed E-state index contributed by atoms with van der Waals surface area (Å²) in [5, 5.41) is 25.7. The number of allylic oxidation sites excluding steroid dienone is 2. The molecule has 4 amide bonds. The van der Waals surface area contributed by atoms with Gasteiger partial charge < -0.3 is 49.6 Å². The van der Waals surface area contributed by atoms with Gasteiger partial charge in [-0.1, -0.05) is 24.3 Å². The second-order valence-corrected chi connectivity index (χ2v) is 22.7. The molecule has 5 rings (SSSR count). The third-order valence-corrected chi connectivity index (χ3v) is 14.1. The number of ketones is 2. The van der Waals surface area contributed by atoms with Gasteiger partial charge in [-0.25, -0.2) is 27.2 Å². The van der Waals surface area contributed by atoms with Crippen LogP contribution < -0.4 is 10.6 Å². The number of nitrogens with zero attached hydrogens (tertiary/aromatic N) is 2. The molecule has 2 aliphatic carbocycles. The summed E-state index contributed by atoms with van der Waals surface area (Å²) in [5.74, 6) is -11.2. The number of hydrogen-bond acceptors (Lipinski definition) is 14. The third-order valence-electron chi connectivity index (χ3n) is 14.1. The zero-order valence-corrected chi connectivity index (χ0v) is 45.3. The molecule has 0 aromatic carbocycles. The van der Waals surface area contributed by atoms with Crippen molar-refractivity contribution in [3.05, 3.63) is 37.5 Å². The molecule has 0 spiro atoms. The van der Waals surface area contributed by atoms with Crippen LogP contribution in [-0.4, -0.2) is 153 Å². The topological polar surface area (TPSA) is 244 Å². The van der Waals surface area contributed by atoms with Crippen LogP contribution in [0.5, 0.6) is 0 Å². The predicted molar refractivity (Wildman–Crippen MR) is 269 cm³/mol. The maximum absolute atomic E-state index is 14.7. The van der Waals surface area contributed by atoms with Crippen LogP contribution in [0.3, 0.4) is 0 Å². The molecule has 0 aromatic heterocycles. The molecule has 3 heterocycles. The fourth-order valence-electron chi connectivity index (χ4n) is 10.3. The van der Waals surface area contributed by atoms with Crippen LogP contribution in [0.4, 0.5) is 27.2 Å². The molecule has 4 N–H and O–H groups in total. The molecule has 5 aliphatic rings. The van der Waals surface area contributed by atoms with Crippen molar-refractivity contribution in [2.75, 3.05) is 26.3 Å². The Balaban J connectivity index is 0.000000329. The minimum absolute atomic E-state index is 0.00740. The van der Waals surface area contributed by atoms with Gasteiger partial charge in [0.1, 0.15) is 23.3 Å². The van der Waals surface area contributed by atoms with Crippen molar-refractivity contribution >= 4 is 47.5 Å². The molecule has 0 radical (unpaired) electrons. The number of aliphatic hydroxyl groups is 2. The number of β-amino-alcohol motifs (C(OH)–C–C–N with tert-alkyl or cyclic N) is 1. The second-order valence-electron chi connectivity index (χ2n) is 22.7. The Morgan fingerprint density at radius 2 is 1.47 bits per heavy atom. The standard InChI is InChI=1S/C28H42F2N2O7.C26H38F2N2O7/c1-7-10-12-28(29,30)15-18-14-27(18,24(36)38-9-3)16-22(34)21-13-19(33)17-32(21)23(35)20(11-8-2)31-25(37)39-26(4,5)6;1-5-36-22(34)25-12-16(25)13-26(27,28)10-8-6-7-9-18(29-23(35)37-24(2,3)4)21(33)30-15-17(31)11-19(30)20(32)14-25/h7-8,18-21,33H,1-2,9-17H2,3-6H3,(H,31,37);6-7,16-19,31H,5,8-15H2,1-4H3,(H,29,35)/t18-,19+,20-,21-,27+;16-,17+,18-,19-,25+/m00/s1. The summed E-state index contributed by atoms with van der Waals surface area (Å²) in [6.07, 6.45) is -0.216. The van der Waals surface area contributed by atoms with E-state index >= 15 is 0 Å². The van der Waals surface area contributed by atoms with Crippen LogP contribution in [0.1, 0.15) is 145 Å². The lowest BCUT2D eigenvalue weighted by atomic mass is 9.90. The monoisotopic (exact) mass is 1080 g/mol. The lowest BCUT2D eigenvalue weighted by Gasteiger charge is -2.29. The van der Waals surface area contributed by atoms with E-state index in [4.69, 9.17) is 18.9 Å². The molecule has 3 aliphatic heterocycles. The molecule has 0 bridgehead atoms. The number of halogens is 4. The van der Waals surface area contributed by atoms with E-state index in [1.54, 1.807) is 61.5 Å². The molecule has 428 valence electrons. The first-order valence-electron chi connectivity index (χ1n) is 26.2. The van der Waals surface area contributed by atoms with Gasteiger partial charge in [0.2, 0.25) is 23.7 Å². The largest absolute Gasteiger partial charge is 0.466 e. The van der Waals surface area contributed by atoms with E-state index < -0.39 is 155 Å². The van der Waals surface area contributed by atoms with Crippen molar-refractivity contribution in [3.8, 4) is 0 Å². The number of nitrogens with one attached hydrogen (secondary N) is 2. The van der Waals surface area contributed by atoms with Crippen molar-refractivity contribution in [2.24, 2.45) is 22.7 Å². The van der Waals surface area contributed by atoms with Crippen LogP contribution in [-0.2, 0) is 47.7 Å². The molecule has 22 heteroatoms. The molecule has 2 saturated carbocycles. The van der Waals surface area contributed by atoms with Crippen molar-refractivity contribution in [1.82, 2.24) is 20.4 Å². The van der Waals surface area contributed by atoms with Crippen molar-refractivity contribution < 1.29 is 85.1 Å². The first-order chi connectivity index (χ1) is 35.3. The number of alkyl carbamates (subject to hydrolysis) is 2. The number of Topliss-reactive ketones (excluding diaryl/α,β-unsaturated/α-hetero) is 2. The second kappa shape index (κ2) is 25.8. The number of esters is 2. The minimum atomic E-state index is -3.05. The Kier molecular flexibility index (Phi) is 21.5. The Morgan fingerprint density at radius 3 is 2.08 bits per heavy atom. The number of ether oxygens (including phenoxy) is 4. The highest BCUT2D eigenvalue weighted by atomic mass is 19.3. The van der Waals surface area contributed by atoms with Gasteiger partial charge in [-0.15, -0.1) is 13.2 Å². The Labute approximate surface area is 443 Å². The highest BCUT2D eigenvalue weighted by Crippen LogP contribution is 2.62. The van der Waals surface area contributed by atoms with Gasteiger partial charge in [-0.2, -0.15) is 0 Å². The minimum Gasteiger partial charge on any atom is -0.466 e. The normalized spacial score (nSPS) is 28.8. The Hall–Kier alpha value is -5.38. The fourth-order valence-corrected chi connectivity index (χ4v) is 10.3. The van der Waals surface area contributed by atoms with Gasteiger partial charge in [-0.3, -0.25) is 28.8 Å². The first kappa shape index (κ1) is 63.2. The summed E-state index contributed by atoms with van der Waals surface area (Å²) in [5.41, 5.74) is -4.39. The summed E-state index contributed by atoms with van der Waals surface area (Å²) < 4.78 is 79.3. The lowest BCUT2D eigenvalue weighted by molar-refractivity contribution is -0.154. The molecule has 76 heavy (non-hydrogen) atoms. The number of likely N-dealkylation sites (tertiary alicyclic amines) is 1. The van der Waals surface area contributed by atoms with Crippen molar-refractivity contribution in [3.63, 3.8) is 0 Å². The lowest BCUT2D eigenvalue weighted by Crippen LogP contribution is -2.52. The highest BCUT2D eigenvalue weighted by molar-refractivity contribution is 5.97. The van der Waals surface area contributed by atoms with E-state index in [-0.39, 0.29) is 90.5 Å². The van der Waals surface area contributed by atoms with Crippen LogP contribution in [0.15, 0.2) is 37.5 Å². The van der Waals surface area contributed by atoms with E-state index in [9.17, 15) is 66.1 Å². The van der Waals surface area contributed by atoms with E-state index in [1.807, 2.05) is 0 Å². The van der Waals surface area contributed by atoms with Gasteiger partial charge in [-0.05, 0) is 106 Å². The van der Waals surface area contributed by atoms with Gasteiger partial charge >= 0.3 is 24.1 Å². The van der Waals surface area contributed by atoms with E-state index in [2.05, 4.69) is 23.8 Å². The summed E-state index contributed by atoms with van der Waals surface area (Å²) in [6.45, 7) is 20.1. The summed E-state index contributed by atoms with van der Waals surface area (Å²) in [4.78, 5) is 107. The summed E-state index contributed by atoms with van der Waals surface area (Å²) in [7, 11) is 0. The summed E-state index contributed by atoms with van der Waals surface area (Å²) in [6, 6.07) is -4.37. The average Bonchev–Trinajstić information content (AvgIpc) is 4.03. The van der Waals surface area contributed by atoms with Gasteiger partial charge in [0.05, 0.1) is 48.3 Å². The number of aliphatic hydroxyl groups excluding tert-OH is 2. The zero-order chi connectivity index (χ0) is 57.2. The Morgan fingerprint density at radius 1 is 0.855 bits per heavy atom. The number of hydrogen-bond donors (Lipinski definition) is 4. The number of carbonyl (C=O) groups excluding carboxylic acids is 8. The summed E-state index contributed by atoms with van der Waals surface area (Å²) >= 11 is 0. The molecule has 2 saturated heterocycles. The highest BCUT2D eigenvalue weighted by Gasteiger charge is 2.66. The van der Waals surface area contributed by atoms with Crippen molar-refractivity contribution in [1.29, 1.82) is 0 Å².